The molecule has 1 heterocycles. The van der Waals surface area contributed by atoms with E-state index < -0.39 is 22.1 Å². The monoisotopic (exact) mass is 374 g/mol. The molecule has 1 N–H and O–H groups in total. The van der Waals surface area contributed by atoms with Crippen molar-refractivity contribution in [2.45, 2.75) is 11.0 Å². The van der Waals surface area contributed by atoms with E-state index >= 15 is 0 Å². The van der Waals surface area contributed by atoms with Crippen molar-refractivity contribution < 1.29 is 23.1 Å². The number of ether oxygens (including phenoxy) is 1. The number of rotatable bonds is 3. The molecule has 0 amide bonds. The molecule has 1 aliphatic rings. The van der Waals surface area contributed by atoms with Gasteiger partial charge in [0.1, 0.15) is 6.07 Å². The predicted molar refractivity (Wildman–Crippen MR) is 75.0 cm³/mol. The smallest absolute Gasteiger partial charge is 0.334 e. The summed E-state index contributed by atoms with van der Waals surface area (Å²) in [5.74, 6) is -1.20. The standard InChI is InChI=1S/C12H11BrN2O5S/c13-10-5-9(2-1-8(10)6-14)21(18,19)15-3-4-20-11(7-15)12(16)17/h1-2,5,11H,3-4,7H2,(H,16,17). The van der Waals surface area contributed by atoms with Crippen LogP contribution < -0.4 is 0 Å². The number of carboxylic acid groups (broad SMARTS) is 1. The number of nitrogens with zero attached hydrogens (tertiary/aromatic N) is 2. The molecule has 1 aliphatic heterocycles. The zero-order valence-electron chi connectivity index (χ0n) is 10.7. The van der Waals surface area contributed by atoms with E-state index in [1.54, 1.807) is 0 Å². The van der Waals surface area contributed by atoms with Crippen LogP contribution in [0, 0.1) is 11.3 Å². The number of sulfonamides is 1. The van der Waals surface area contributed by atoms with Crippen LogP contribution >= 0.6 is 15.9 Å². The minimum absolute atomic E-state index is 0.000543. The third-order valence-corrected chi connectivity index (χ3v) is 5.52. The first-order chi connectivity index (χ1) is 9.86. The van der Waals surface area contributed by atoms with E-state index in [0.717, 1.165) is 4.31 Å². The molecule has 1 aromatic carbocycles. The molecule has 9 heteroatoms. The molecule has 0 aliphatic carbocycles. The third-order valence-electron chi connectivity index (χ3n) is 3.00. The summed E-state index contributed by atoms with van der Waals surface area (Å²) in [6.45, 7) is -0.132. The van der Waals surface area contributed by atoms with Gasteiger partial charge >= 0.3 is 5.97 Å². The van der Waals surface area contributed by atoms with E-state index in [4.69, 9.17) is 15.1 Å². The molecule has 1 atom stereocenters. The molecule has 1 saturated heterocycles. The van der Waals surface area contributed by atoms with Gasteiger partial charge in [-0.25, -0.2) is 13.2 Å². The average molecular weight is 375 g/mol. The lowest BCUT2D eigenvalue weighted by molar-refractivity contribution is -0.153. The second kappa shape index (κ2) is 6.11. The minimum Gasteiger partial charge on any atom is -0.479 e. The number of halogens is 1. The number of nitriles is 1. The van der Waals surface area contributed by atoms with Crippen LogP contribution in [0.15, 0.2) is 27.6 Å². The lowest BCUT2D eigenvalue weighted by Crippen LogP contribution is -2.48. The number of morpholine rings is 1. The molecule has 112 valence electrons. The van der Waals surface area contributed by atoms with Crippen LogP contribution in [0.25, 0.3) is 0 Å². The molecule has 0 bridgehead atoms. The van der Waals surface area contributed by atoms with E-state index in [-0.39, 0.29) is 24.6 Å². The van der Waals surface area contributed by atoms with Crippen molar-refractivity contribution in [3.05, 3.63) is 28.2 Å². The van der Waals surface area contributed by atoms with Gasteiger partial charge in [-0.15, -0.1) is 0 Å². The van der Waals surface area contributed by atoms with Crippen LogP contribution in [0.4, 0.5) is 0 Å². The van der Waals surface area contributed by atoms with E-state index in [0.29, 0.717) is 10.0 Å². The van der Waals surface area contributed by atoms with Gasteiger partial charge in [0, 0.05) is 11.0 Å². The van der Waals surface area contributed by atoms with Gasteiger partial charge in [-0.2, -0.15) is 9.57 Å². The Hall–Kier alpha value is -1.47. The first-order valence-corrected chi connectivity index (χ1v) is 8.14. The maximum absolute atomic E-state index is 12.5. The van der Waals surface area contributed by atoms with Crippen molar-refractivity contribution in [3.63, 3.8) is 0 Å². The Morgan fingerprint density at radius 1 is 1.52 bits per heavy atom. The van der Waals surface area contributed by atoms with Crippen molar-refractivity contribution in [2.24, 2.45) is 0 Å². The topological polar surface area (TPSA) is 108 Å². The number of carboxylic acids is 1. The molecule has 2 rings (SSSR count). The molecule has 0 radical (unpaired) electrons. The number of aliphatic carboxylic acids is 1. The Morgan fingerprint density at radius 3 is 2.81 bits per heavy atom. The van der Waals surface area contributed by atoms with E-state index in [9.17, 15) is 13.2 Å². The van der Waals surface area contributed by atoms with Crippen LogP contribution in [0.5, 0.6) is 0 Å². The third kappa shape index (κ3) is 3.24. The Morgan fingerprint density at radius 2 is 2.24 bits per heavy atom. The molecule has 7 nitrogen and oxygen atoms in total. The largest absolute Gasteiger partial charge is 0.479 e. The Kier molecular flexibility index (Phi) is 4.63. The molecule has 0 spiro atoms. The molecule has 0 saturated carbocycles. The van der Waals surface area contributed by atoms with Gasteiger partial charge in [0.25, 0.3) is 0 Å². The van der Waals surface area contributed by atoms with Crippen molar-refractivity contribution in [2.75, 3.05) is 19.7 Å². The van der Waals surface area contributed by atoms with Gasteiger partial charge in [-0.05, 0) is 34.1 Å². The number of hydrogen-bond donors (Lipinski definition) is 1. The zero-order chi connectivity index (χ0) is 15.6. The Bertz CT molecular complexity index is 713. The summed E-state index contributed by atoms with van der Waals surface area (Å²) < 4.78 is 31.4. The summed E-state index contributed by atoms with van der Waals surface area (Å²) in [6.07, 6.45) is -1.17. The fourth-order valence-corrected chi connectivity index (χ4v) is 3.96. The van der Waals surface area contributed by atoms with Crippen molar-refractivity contribution >= 4 is 31.9 Å². The quantitative estimate of drug-likeness (QED) is 0.837. The predicted octanol–water partition coefficient (Wildman–Crippen LogP) is 0.795. The highest BCUT2D eigenvalue weighted by Crippen LogP contribution is 2.24. The fraction of sp³-hybridized carbons (Fsp3) is 0.333. The maximum atomic E-state index is 12.5. The number of carbonyl (C=O) groups is 1. The second-order valence-electron chi connectivity index (χ2n) is 4.31. The molecule has 1 unspecified atom stereocenters. The van der Waals surface area contributed by atoms with Crippen LogP contribution in [0.2, 0.25) is 0 Å². The molecule has 21 heavy (non-hydrogen) atoms. The Labute approximate surface area is 129 Å². The molecular formula is C12H11BrN2O5S. The molecular weight excluding hydrogens is 364 g/mol. The van der Waals surface area contributed by atoms with Gasteiger partial charge in [0.15, 0.2) is 6.10 Å². The van der Waals surface area contributed by atoms with Gasteiger partial charge in [-0.3, -0.25) is 0 Å². The van der Waals surface area contributed by atoms with Gasteiger partial charge in [0.2, 0.25) is 10.0 Å². The fourth-order valence-electron chi connectivity index (χ4n) is 1.89. The first-order valence-electron chi connectivity index (χ1n) is 5.90. The van der Waals surface area contributed by atoms with Gasteiger partial charge in [0.05, 0.1) is 23.6 Å². The van der Waals surface area contributed by atoms with Crippen LogP contribution in [-0.2, 0) is 19.6 Å². The normalized spacial score (nSPS) is 19.9. The van der Waals surface area contributed by atoms with Crippen LogP contribution in [-0.4, -0.2) is 49.6 Å². The summed E-state index contributed by atoms with van der Waals surface area (Å²) in [5, 5.41) is 17.7. The number of hydrogen-bond acceptors (Lipinski definition) is 5. The summed E-state index contributed by atoms with van der Waals surface area (Å²) in [7, 11) is -3.83. The van der Waals surface area contributed by atoms with E-state index in [1.165, 1.54) is 18.2 Å². The summed E-state index contributed by atoms with van der Waals surface area (Å²) in [4.78, 5) is 10.9. The van der Waals surface area contributed by atoms with E-state index in [1.807, 2.05) is 6.07 Å². The first kappa shape index (κ1) is 15.9. The zero-order valence-corrected chi connectivity index (χ0v) is 13.1. The SMILES string of the molecule is N#Cc1ccc(S(=O)(=O)N2CCOC(C(=O)O)C2)cc1Br. The van der Waals surface area contributed by atoms with E-state index in [2.05, 4.69) is 15.9 Å². The molecule has 0 aromatic heterocycles. The van der Waals surface area contributed by atoms with Crippen molar-refractivity contribution in [1.29, 1.82) is 5.26 Å². The highest BCUT2D eigenvalue weighted by molar-refractivity contribution is 9.10. The molecule has 1 fully saturated rings. The molecule has 1 aromatic rings. The van der Waals surface area contributed by atoms with Crippen LogP contribution in [0.1, 0.15) is 5.56 Å². The average Bonchev–Trinajstić information content (AvgIpc) is 2.47. The summed E-state index contributed by atoms with van der Waals surface area (Å²) in [5.41, 5.74) is 0.319. The highest BCUT2D eigenvalue weighted by Gasteiger charge is 2.34. The maximum Gasteiger partial charge on any atom is 0.334 e. The lowest BCUT2D eigenvalue weighted by Gasteiger charge is -2.30. The minimum atomic E-state index is -3.83. The Balaban J connectivity index is 2.32. The van der Waals surface area contributed by atoms with Crippen molar-refractivity contribution in [3.8, 4) is 6.07 Å². The summed E-state index contributed by atoms with van der Waals surface area (Å²) >= 11 is 3.13. The van der Waals surface area contributed by atoms with Gasteiger partial charge in [-0.1, -0.05) is 0 Å². The van der Waals surface area contributed by atoms with Gasteiger partial charge < -0.3 is 9.84 Å². The lowest BCUT2D eigenvalue weighted by atomic mass is 10.2. The highest BCUT2D eigenvalue weighted by atomic mass is 79.9. The summed E-state index contributed by atoms with van der Waals surface area (Å²) in [6, 6.07) is 5.97. The van der Waals surface area contributed by atoms with Crippen molar-refractivity contribution in [1.82, 2.24) is 4.31 Å². The second-order valence-corrected chi connectivity index (χ2v) is 7.11. The van der Waals surface area contributed by atoms with Crippen LogP contribution in [0.3, 0.4) is 0 Å². The number of benzene rings is 1.